The molecule has 166 valence electrons. The molecule has 9 heteroatoms. The van der Waals surface area contributed by atoms with E-state index in [1.165, 1.54) is 4.31 Å². The number of carbonyl (C=O) groups is 1. The Labute approximate surface area is 182 Å². The molecule has 4 rings (SSSR count). The number of H-pyrrole nitrogens is 1. The topological polar surface area (TPSA) is 103 Å². The molecule has 0 radical (unpaired) electrons. The SMILES string of the molecule is CCS(=O)(=O)N1CCc2c(nc([C@@H]3CCCCN3C(=O)c3cccc(C)c3)[nH]c2=O)C1. The van der Waals surface area contributed by atoms with Gasteiger partial charge in [0, 0.05) is 24.2 Å². The number of nitrogens with zero attached hydrogens (tertiary/aromatic N) is 3. The number of nitrogens with one attached hydrogen (secondary N) is 1. The summed E-state index contributed by atoms with van der Waals surface area (Å²) < 4.78 is 26.0. The fraction of sp³-hybridized carbons (Fsp3) is 0.500. The third-order valence-electron chi connectivity index (χ3n) is 6.16. The molecule has 2 aliphatic heterocycles. The molecule has 0 saturated carbocycles. The number of fused-ring (bicyclic) bond motifs is 1. The van der Waals surface area contributed by atoms with E-state index in [1.54, 1.807) is 17.9 Å². The summed E-state index contributed by atoms with van der Waals surface area (Å²) >= 11 is 0. The first-order valence-electron chi connectivity index (χ1n) is 10.8. The second-order valence-electron chi connectivity index (χ2n) is 8.24. The van der Waals surface area contributed by atoms with Crippen LogP contribution in [0.1, 0.15) is 65.2 Å². The largest absolute Gasteiger partial charge is 0.328 e. The predicted octanol–water partition coefficient (Wildman–Crippen LogP) is 2.15. The van der Waals surface area contributed by atoms with Gasteiger partial charge in [-0.3, -0.25) is 9.59 Å². The van der Waals surface area contributed by atoms with E-state index in [0.29, 0.717) is 42.0 Å². The third-order valence-corrected chi connectivity index (χ3v) is 7.99. The lowest BCUT2D eigenvalue weighted by molar-refractivity contribution is 0.0598. The van der Waals surface area contributed by atoms with Crippen LogP contribution in [0.5, 0.6) is 0 Å². The Morgan fingerprint density at radius 3 is 2.81 bits per heavy atom. The van der Waals surface area contributed by atoms with E-state index < -0.39 is 10.0 Å². The van der Waals surface area contributed by atoms with Crippen LogP contribution in [0, 0.1) is 6.92 Å². The van der Waals surface area contributed by atoms with Crippen molar-refractivity contribution in [3.8, 4) is 0 Å². The van der Waals surface area contributed by atoms with E-state index in [-0.39, 0.29) is 36.4 Å². The molecule has 1 amide bonds. The number of piperidine rings is 1. The number of aromatic nitrogens is 2. The van der Waals surface area contributed by atoms with Gasteiger partial charge in [0.25, 0.3) is 11.5 Å². The fourth-order valence-electron chi connectivity index (χ4n) is 4.42. The molecule has 0 spiro atoms. The van der Waals surface area contributed by atoms with Crippen LogP contribution in [-0.4, -0.2) is 52.3 Å². The van der Waals surface area contributed by atoms with Gasteiger partial charge in [-0.25, -0.2) is 13.4 Å². The molecule has 0 unspecified atom stereocenters. The van der Waals surface area contributed by atoms with Gasteiger partial charge in [-0.15, -0.1) is 0 Å². The number of amides is 1. The maximum atomic E-state index is 13.3. The van der Waals surface area contributed by atoms with Crippen molar-refractivity contribution < 1.29 is 13.2 Å². The number of likely N-dealkylation sites (tertiary alicyclic amines) is 1. The zero-order valence-electron chi connectivity index (χ0n) is 17.9. The maximum Gasteiger partial charge on any atom is 0.254 e. The average molecular weight is 445 g/mol. The van der Waals surface area contributed by atoms with E-state index in [1.807, 2.05) is 25.1 Å². The molecule has 31 heavy (non-hydrogen) atoms. The lowest BCUT2D eigenvalue weighted by atomic mass is 9.99. The minimum absolute atomic E-state index is 0.0137. The highest BCUT2D eigenvalue weighted by atomic mass is 32.2. The second-order valence-corrected chi connectivity index (χ2v) is 10.5. The summed E-state index contributed by atoms with van der Waals surface area (Å²) in [6.07, 6.45) is 2.87. The molecule has 3 heterocycles. The number of sulfonamides is 1. The summed E-state index contributed by atoms with van der Waals surface area (Å²) in [4.78, 5) is 35.4. The first kappa shape index (κ1) is 21.7. The van der Waals surface area contributed by atoms with Crippen molar-refractivity contribution in [2.75, 3.05) is 18.8 Å². The number of rotatable bonds is 4. The molecular formula is C22H28N4O4S. The molecular weight excluding hydrogens is 416 g/mol. The Kier molecular flexibility index (Phi) is 5.98. The molecule has 1 N–H and O–H groups in total. The van der Waals surface area contributed by atoms with Crippen molar-refractivity contribution in [1.29, 1.82) is 0 Å². The van der Waals surface area contributed by atoms with Crippen LogP contribution in [0.15, 0.2) is 29.1 Å². The van der Waals surface area contributed by atoms with Gasteiger partial charge in [0.1, 0.15) is 5.82 Å². The number of benzene rings is 1. The summed E-state index contributed by atoms with van der Waals surface area (Å²) in [6.45, 7) is 4.53. The van der Waals surface area contributed by atoms with Gasteiger partial charge in [-0.1, -0.05) is 17.7 Å². The van der Waals surface area contributed by atoms with Crippen LogP contribution < -0.4 is 5.56 Å². The zero-order valence-corrected chi connectivity index (χ0v) is 18.7. The lowest BCUT2D eigenvalue weighted by Crippen LogP contribution is -2.42. The molecule has 2 aromatic rings. The highest BCUT2D eigenvalue weighted by Crippen LogP contribution is 2.31. The van der Waals surface area contributed by atoms with E-state index in [9.17, 15) is 18.0 Å². The lowest BCUT2D eigenvalue weighted by Gasteiger charge is -2.36. The maximum absolute atomic E-state index is 13.3. The first-order chi connectivity index (χ1) is 14.8. The van der Waals surface area contributed by atoms with Crippen LogP contribution in [0.2, 0.25) is 0 Å². The van der Waals surface area contributed by atoms with Crippen LogP contribution in [0.25, 0.3) is 0 Å². The monoisotopic (exact) mass is 444 g/mol. The number of hydrogen-bond acceptors (Lipinski definition) is 5. The third kappa shape index (κ3) is 4.29. The molecule has 1 aromatic carbocycles. The van der Waals surface area contributed by atoms with Gasteiger partial charge >= 0.3 is 0 Å². The Bertz CT molecular complexity index is 1160. The first-order valence-corrected chi connectivity index (χ1v) is 12.4. The summed E-state index contributed by atoms with van der Waals surface area (Å²) in [6, 6.07) is 7.15. The van der Waals surface area contributed by atoms with Crippen LogP contribution in [0.4, 0.5) is 0 Å². The van der Waals surface area contributed by atoms with Crippen molar-refractivity contribution in [3.05, 3.63) is 62.8 Å². The van der Waals surface area contributed by atoms with Gasteiger partial charge in [0.15, 0.2) is 0 Å². The predicted molar refractivity (Wildman–Crippen MR) is 117 cm³/mol. The Morgan fingerprint density at radius 1 is 1.26 bits per heavy atom. The quantitative estimate of drug-likeness (QED) is 0.778. The van der Waals surface area contributed by atoms with Gasteiger partial charge in [0.05, 0.1) is 24.0 Å². The Balaban J connectivity index is 1.68. The molecule has 0 bridgehead atoms. The second kappa shape index (κ2) is 8.55. The minimum Gasteiger partial charge on any atom is -0.328 e. The van der Waals surface area contributed by atoms with Gasteiger partial charge in [0.2, 0.25) is 10.0 Å². The molecule has 8 nitrogen and oxygen atoms in total. The summed E-state index contributed by atoms with van der Waals surface area (Å²) in [5, 5.41) is 0. The smallest absolute Gasteiger partial charge is 0.254 e. The van der Waals surface area contributed by atoms with Crippen molar-refractivity contribution >= 4 is 15.9 Å². The van der Waals surface area contributed by atoms with E-state index in [2.05, 4.69) is 9.97 Å². The number of aryl methyl sites for hydroxylation is 1. The van der Waals surface area contributed by atoms with Crippen LogP contribution >= 0.6 is 0 Å². The van der Waals surface area contributed by atoms with Gasteiger partial charge < -0.3 is 9.88 Å². The highest BCUT2D eigenvalue weighted by Gasteiger charge is 2.33. The highest BCUT2D eigenvalue weighted by molar-refractivity contribution is 7.89. The summed E-state index contributed by atoms with van der Waals surface area (Å²) in [7, 11) is -3.36. The standard InChI is InChI=1S/C22H28N4O4S/c1-3-31(29,30)25-12-10-17-18(14-25)23-20(24-21(17)27)19-9-4-5-11-26(19)22(28)16-8-6-7-15(2)13-16/h6-8,13,19H,3-5,9-12,14H2,1-2H3,(H,23,24,27)/t19-/m0/s1. The van der Waals surface area contributed by atoms with Crippen LogP contribution in [-0.2, 0) is 23.0 Å². The number of carbonyl (C=O) groups excluding carboxylic acids is 1. The molecule has 0 aliphatic carbocycles. The van der Waals surface area contributed by atoms with Crippen molar-refractivity contribution in [2.24, 2.45) is 0 Å². The molecule has 1 fully saturated rings. The summed E-state index contributed by atoms with van der Waals surface area (Å²) in [5.74, 6) is 0.379. The molecule has 1 atom stereocenters. The van der Waals surface area contributed by atoms with E-state index in [0.717, 1.165) is 18.4 Å². The van der Waals surface area contributed by atoms with Crippen LogP contribution in [0.3, 0.4) is 0 Å². The normalized spacial score (nSPS) is 19.8. The number of aromatic amines is 1. The molecule has 1 aromatic heterocycles. The van der Waals surface area contributed by atoms with Crippen molar-refractivity contribution in [2.45, 2.75) is 52.1 Å². The van der Waals surface area contributed by atoms with E-state index >= 15 is 0 Å². The van der Waals surface area contributed by atoms with E-state index in [4.69, 9.17) is 0 Å². The average Bonchev–Trinajstić information content (AvgIpc) is 2.78. The van der Waals surface area contributed by atoms with Crippen molar-refractivity contribution in [1.82, 2.24) is 19.2 Å². The fourth-order valence-corrected chi connectivity index (χ4v) is 5.47. The zero-order chi connectivity index (χ0) is 22.2. The minimum atomic E-state index is -3.36. The van der Waals surface area contributed by atoms with Crippen molar-refractivity contribution in [3.63, 3.8) is 0 Å². The van der Waals surface area contributed by atoms with Gasteiger partial charge in [-0.05, 0) is 51.7 Å². The summed E-state index contributed by atoms with van der Waals surface area (Å²) in [5.41, 5.74) is 2.43. The molecule has 1 saturated heterocycles. The van der Waals surface area contributed by atoms with Gasteiger partial charge in [-0.2, -0.15) is 4.31 Å². The Morgan fingerprint density at radius 2 is 2.06 bits per heavy atom. The number of hydrogen-bond donors (Lipinski definition) is 1. The Hall–Kier alpha value is -2.52. The molecule has 2 aliphatic rings.